The average molecular weight is 281 g/mol. The number of benzene rings is 1. The maximum Gasteiger partial charge on any atom is 0.305 e. The lowest BCUT2D eigenvalue weighted by atomic mass is 10.0. The van der Waals surface area contributed by atoms with Crippen molar-refractivity contribution in [2.75, 3.05) is 20.3 Å². The lowest BCUT2D eigenvalue weighted by molar-refractivity contribution is -0.137. The number of carboxylic acid groups (broad SMARTS) is 1. The Hall–Kier alpha value is -1.79. The van der Waals surface area contributed by atoms with Gasteiger partial charge in [0.2, 0.25) is 0 Å². The van der Waals surface area contributed by atoms with Gasteiger partial charge < -0.3 is 25.1 Å². The van der Waals surface area contributed by atoms with Crippen LogP contribution in [-0.4, -0.2) is 37.5 Å². The van der Waals surface area contributed by atoms with E-state index in [0.717, 1.165) is 6.42 Å². The van der Waals surface area contributed by atoms with E-state index in [-0.39, 0.29) is 12.5 Å². The van der Waals surface area contributed by atoms with Crippen LogP contribution in [-0.2, 0) is 9.53 Å². The molecule has 1 heterocycles. The number of ether oxygens (including phenoxy) is 3. The lowest BCUT2D eigenvalue weighted by Gasteiger charge is -2.17. The van der Waals surface area contributed by atoms with Gasteiger partial charge in [-0.1, -0.05) is 6.07 Å². The molecule has 1 aliphatic heterocycles. The molecule has 2 atom stereocenters. The second-order valence-corrected chi connectivity index (χ2v) is 4.72. The summed E-state index contributed by atoms with van der Waals surface area (Å²) < 4.78 is 16.4. The zero-order valence-electron chi connectivity index (χ0n) is 11.4. The smallest absolute Gasteiger partial charge is 0.305 e. The Bertz CT molecular complexity index is 471. The first kappa shape index (κ1) is 14.6. The molecule has 2 unspecified atom stereocenters. The average Bonchev–Trinajstić information content (AvgIpc) is 2.90. The summed E-state index contributed by atoms with van der Waals surface area (Å²) in [5.74, 6) is 0.240. The Morgan fingerprint density at radius 1 is 1.55 bits per heavy atom. The Morgan fingerprint density at radius 3 is 2.95 bits per heavy atom. The highest BCUT2D eigenvalue weighted by Crippen LogP contribution is 2.32. The molecule has 20 heavy (non-hydrogen) atoms. The van der Waals surface area contributed by atoms with Crippen molar-refractivity contribution < 1.29 is 24.1 Å². The fourth-order valence-electron chi connectivity index (χ4n) is 2.11. The Balaban J connectivity index is 2.16. The van der Waals surface area contributed by atoms with Crippen LogP contribution in [0.1, 0.15) is 24.4 Å². The van der Waals surface area contributed by atoms with Gasteiger partial charge in [-0.2, -0.15) is 0 Å². The van der Waals surface area contributed by atoms with Crippen LogP contribution < -0.4 is 15.2 Å². The minimum Gasteiger partial charge on any atom is -0.493 e. The summed E-state index contributed by atoms with van der Waals surface area (Å²) >= 11 is 0. The number of hydrogen-bond acceptors (Lipinski definition) is 5. The van der Waals surface area contributed by atoms with E-state index in [1.807, 2.05) is 0 Å². The van der Waals surface area contributed by atoms with Crippen molar-refractivity contribution in [3.63, 3.8) is 0 Å². The first-order valence-electron chi connectivity index (χ1n) is 6.50. The van der Waals surface area contributed by atoms with E-state index in [9.17, 15) is 4.79 Å². The number of rotatable bonds is 6. The largest absolute Gasteiger partial charge is 0.493 e. The molecular weight excluding hydrogens is 262 g/mol. The van der Waals surface area contributed by atoms with Gasteiger partial charge >= 0.3 is 5.97 Å². The first-order valence-corrected chi connectivity index (χ1v) is 6.50. The van der Waals surface area contributed by atoms with Crippen LogP contribution in [0, 0.1) is 0 Å². The molecule has 6 nitrogen and oxygen atoms in total. The number of hydrogen-bond donors (Lipinski definition) is 2. The van der Waals surface area contributed by atoms with E-state index in [1.54, 1.807) is 25.3 Å². The molecule has 2 rings (SSSR count). The summed E-state index contributed by atoms with van der Waals surface area (Å²) in [5.41, 5.74) is 6.57. The minimum atomic E-state index is -0.931. The normalized spacial score (nSPS) is 19.6. The second kappa shape index (κ2) is 6.58. The maximum atomic E-state index is 10.7. The molecule has 3 N–H and O–H groups in total. The summed E-state index contributed by atoms with van der Waals surface area (Å²) in [6.07, 6.45) is 0.696. The fraction of sp³-hybridized carbons (Fsp3) is 0.500. The minimum absolute atomic E-state index is 0.00477. The monoisotopic (exact) mass is 281 g/mol. The van der Waals surface area contributed by atoms with E-state index >= 15 is 0 Å². The van der Waals surface area contributed by atoms with Gasteiger partial charge in [0.1, 0.15) is 6.10 Å². The van der Waals surface area contributed by atoms with Crippen molar-refractivity contribution in [2.24, 2.45) is 5.73 Å². The highest BCUT2D eigenvalue weighted by Gasteiger charge is 2.20. The van der Waals surface area contributed by atoms with E-state index in [1.165, 1.54) is 0 Å². The van der Waals surface area contributed by atoms with Crippen molar-refractivity contribution in [2.45, 2.75) is 25.0 Å². The fourth-order valence-corrected chi connectivity index (χ4v) is 2.11. The molecule has 0 spiro atoms. The van der Waals surface area contributed by atoms with Crippen LogP contribution >= 0.6 is 0 Å². The standard InChI is InChI=1S/C14H19NO5/c1-18-12-3-2-9(11(15)7-14(16)17)6-13(12)20-10-4-5-19-8-10/h2-3,6,10-11H,4-5,7-8,15H2,1H3,(H,16,17). The molecule has 0 amide bonds. The Labute approximate surface area is 117 Å². The number of methoxy groups -OCH3 is 1. The third-order valence-electron chi connectivity index (χ3n) is 3.19. The van der Waals surface area contributed by atoms with Crippen LogP contribution in [0.3, 0.4) is 0 Å². The molecule has 0 aromatic heterocycles. The van der Waals surface area contributed by atoms with Crippen molar-refractivity contribution in [3.8, 4) is 11.5 Å². The quantitative estimate of drug-likeness (QED) is 0.817. The predicted molar refractivity (Wildman–Crippen MR) is 72.0 cm³/mol. The zero-order valence-corrected chi connectivity index (χ0v) is 11.4. The van der Waals surface area contributed by atoms with Crippen molar-refractivity contribution >= 4 is 5.97 Å². The molecule has 1 saturated heterocycles. The van der Waals surface area contributed by atoms with Gasteiger partial charge in [0.05, 0.1) is 26.7 Å². The van der Waals surface area contributed by atoms with E-state index in [4.69, 9.17) is 25.1 Å². The SMILES string of the molecule is COc1ccc(C(N)CC(=O)O)cc1OC1CCOC1. The molecule has 1 aromatic rings. The van der Waals surface area contributed by atoms with Crippen LogP contribution in [0.2, 0.25) is 0 Å². The topological polar surface area (TPSA) is 91.0 Å². The lowest BCUT2D eigenvalue weighted by Crippen LogP contribution is -2.18. The van der Waals surface area contributed by atoms with E-state index in [0.29, 0.717) is 30.3 Å². The van der Waals surface area contributed by atoms with Crippen molar-refractivity contribution in [1.29, 1.82) is 0 Å². The molecule has 0 bridgehead atoms. The first-order chi connectivity index (χ1) is 9.60. The molecule has 6 heteroatoms. The van der Waals surface area contributed by atoms with Gasteiger partial charge in [0.15, 0.2) is 11.5 Å². The Kier molecular flexibility index (Phi) is 4.81. The summed E-state index contributed by atoms with van der Waals surface area (Å²) in [7, 11) is 1.56. The highest BCUT2D eigenvalue weighted by molar-refractivity contribution is 5.68. The number of nitrogens with two attached hydrogens (primary N) is 1. The van der Waals surface area contributed by atoms with Crippen LogP contribution in [0.25, 0.3) is 0 Å². The van der Waals surface area contributed by atoms with E-state index in [2.05, 4.69) is 0 Å². The van der Waals surface area contributed by atoms with Crippen LogP contribution in [0.15, 0.2) is 18.2 Å². The molecule has 0 radical (unpaired) electrons. The number of carbonyl (C=O) groups is 1. The molecule has 0 saturated carbocycles. The maximum absolute atomic E-state index is 10.7. The molecule has 110 valence electrons. The Morgan fingerprint density at radius 2 is 2.35 bits per heavy atom. The third kappa shape index (κ3) is 3.61. The van der Waals surface area contributed by atoms with Gasteiger partial charge in [0.25, 0.3) is 0 Å². The summed E-state index contributed by atoms with van der Waals surface area (Å²) in [4.78, 5) is 10.7. The van der Waals surface area contributed by atoms with E-state index < -0.39 is 12.0 Å². The number of aliphatic carboxylic acids is 1. The van der Waals surface area contributed by atoms with Crippen LogP contribution in [0.4, 0.5) is 0 Å². The third-order valence-corrected chi connectivity index (χ3v) is 3.19. The molecule has 1 aliphatic rings. The molecule has 0 aliphatic carbocycles. The van der Waals surface area contributed by atoms with Crippen molar-refractivity contribution in [3.05, 3.63) is 23.8 Å². The highest BCUT2D eigenvalue weighted by atomic mass is 16.6. The number of carboxylic acids is 1. The summed E-state index contributed by atoms with van der Waals surface area (Å²) in [5, 5.41) is 8.79. The van der Waals surface area contributed by atoms with Crippen LogP contribution in [0.5, 0.6) is 11.5 Å². The van der Waals surface area contributed by atoms with Crippen molar-refractivity contribution in [1.82, 2.24) is 0 Å². The van der Waals surface area contributed by atoms with Gasteiger partial charge in [-0.25, -0.2) is 0 Å². The molecule has 1 fully saturated rings. The summed E-state index contributed by atoms with van der Waals surface area (Å²) in [6, 6.07) is 4.66. The van der Waals surface area contributed by atoms with Gasteiger partial charge in [-0.05, 0) is 17.7 Å². The van der Waals surface area contributed by atoms with Gasteiger partial charge in [-0.3, -0.25) is 4.79 Å². The molecule has 1 aromatic carbocycles. The molecular formula is C14H19NO5. The zero-order chi connectivity index (χ0) is 14.5. The van der Waals surface area contributed by atoms with Gasteiger partial charge in [0, 0.05) is 12.5 Å². The predicted octanol–water partition coefficient (Wildman–Crippen LogP) is 1.34. The van der Waals surface area contributed by atoms with Gasteiger partial charge in [-0.15, -0.1) is 0 Å². The summed E-state index contributed by atoms with van der Waals surface area (Å²) in [6.45, 7) is 1.24. The second-order valence-electron chi connectivity index (χ2n) is 4.72.